The minimum absolute atomic E-state index is 0.0159. The number of hydrogen-bond donors (Lipinski definition) is 0. The molecule has 3 aromatic rings. The smallest absolute Gasteiger partial charge is 0.339 e. The highest BCUT2D eigenvalue weighted by Crippen LogP contribution is 2.39. The highest BCUT2D eigenvalue weighted by atomic mass is 32.2. The lowest BCUT2D eigenvalue weighted by Crippen LogP contribution is -2.35. The van der Waals surface area contributed by atoms with Crippen molar-refractivity contribution >= 4 is 28.4 Å². The van der Waals surface area contributed by atoms with Gasteiger partial charge < -0.3 is 4.57 Å². The van der Waals surface area contributed by atoms with Crippen LogP contribution in [0.1, 0.15) is 60.9 Å². The molecule has 0 spiro atoms. The van der Waals surface area contributed by atoms with Crippen LogP contribution in [0.15, 0.2) is 40.3 Å². The normalized spacial score (nSPS) is 20.9. The summed E-state index contributed by atoms with van der Waals surface area (Å²) in [5.74, 6) is 0.444. The molecule has 0 radical (unpaired) electrons. The summed E-state index contributed by atoms with van der Waals surface area (Å²) in [6, 6.07) is 8.68. The minimum Gasteiger partial charge on any atom is -0.339 e. The van der Waals surface area contributed by atoms with Crippen LogP contribution in [0, 0.1) is 25.7 Å². The van der Waals surface area contributed by atoms with Crippen LogP contribution in [0.3, 0.4) is 0 Å². The summed E-state index contributed by atoms with van der Waals surface area (Å²) in [5, 5.41) is 1.03. The molecule has 0 aliphatic heterocycles. The molecular weight excluding hydrogens is 475 g/mol. The predicted molar refractivity (Wildman–Crippen MR) is 132 cm³/mol. The van der Waals surface area contributed by atoms with E-state index in [0.717, 1.165) is 23.8 Å². The minimum atomic E-state index is -4.37. The van der Waals surface area contributed by atoms with Gasteiger partial charge >= 0.3 is 6.18 Å². The molecule has 0 N–H and O–H groups in total. The van der Waals surface area contributed by atoms with E-state index in [1.807, 2.05) is 12.1 Å². The van der Waals surface area contributed by atoms with E-state index in [9.17, 15) is 22.8 Å². The van der Waals surface area contributed by atoms with E-state index in [1.54, 1.807) is 23.6 Å². The van der Waals surface area contributed by atoms with Gasteiger partial charge in [0.05, 0.1) is 16.7 Å². The number of rotatable bonds is 6. The molecule has 0 saturated heterocycles. The van der Waals surface area contributed by atoms with Crippen molar-refractivity contribution < 1.29 is 18.0 Å². The summed E-state index contributed by atoms with van der Waals surface area (Å²) in [7, 11) is 0. The molecule has 4 rings (SSSR count). The lowest BCUT2D eigenvalue weighted by molar-refractivity contribution is -0.141. The molecule has 0 unspecified atom stereocenters. The van der Waals surface area contributed by atoms with Crippen molar-refractivity contribution in [3.8, 4) is 0 Å². The van der Waals surface area contributed by atoms with E-state index < -0.39 is 12.7 Å². The van der Waals surface area contributed by atoms with Gasteiger partial charge in [-0.2, -0.15) is 13.2 Å². The Balaban J connectivity index is 1.67. The number of ketones is 1. The number of fused-ring (bicyclic) bond motifs is 1. The lowest BCUT2D eigenvalue weighted by atomic mass is 9.78. The fourth-order valence-electron chi connectivity index (χ4n) is 5.15. The average molecular weight is 506 g/mol. The number of hydrogen-bond acceptors (Lipinski definition) is 4. The van der Waals surface area contributed by atoms with Crippen molar-refractivity contribution in [2.45, 2.75) is 70.9 Å². The van der Waals surface area contributed by atoms with Gasteiger partial charge in [-0.3, -0.25) is 14.2 Å². The molecule has 3 atom stereocenters. The molecular formula is C26H30F3N3O2S. The van der Waals surface area contributed by atoms with Crippen molar-refractivity contribution in [2.24, 2.45) is 11.8 Å². The number of benzene rings is 1. The van der Waals surface area contributed by atoms with Crippen molar-refractivity contribution in [3.05, 3.63) is 57.6 Å². The zero-order valence-electron chi connectivity index (χ0n) is 20.4. The molecule has 1 saturated carbocycles. The van der Waals surface area contributed by atoms with Crippen molar-refractivity contribution in [1.82, 2.24) is 14.1 Å². The fraction of sp³-hybridized carbons (Fsp3) is 0.500. The third kappa shape index (κ3) is 5.20. The van der Waals surface area contributed by atoms with Gasteiger partial charge in [0.2, 0.25) is 0 Å². The van der Waals surface area contributed by atoms with Crippen LogP contribution in [0.4, 0.5) is 13.2 Å². The van der Waals surface area contributed by atoms with Gasteiger partial charge in [0.25, 0.3) is 5.56 Å². The summed E-state index contributed by atoms with van der Waals surface area (Å²) < 4.78 is 41.8. The van der Waals surface area contributed by atoms with E-state index in [0.29, 0.717) is 33.4 Å². The van der Waals surface area contributed by atoms with Gasteiger partial charge in [-0.15, -0.1) is 0 Å². The molecule has 2 heterocycles. The number of halogens is 3. The Morgan fingerprint density at radius 1 is 1.17 bits per heavy atom. The number of alkyl halides is 3. The Morgan fingerprint density at radius 2 is 1.89 bits per heavy atom. The average Bonchev–Trinajstić information content (AvgIpc) is 3.07. The summed E-state index contributed by atoms with van der Waals surface area (Å²) >= 11 is 1.18. The van der Waals surface area contributed by atoms with E-state index in [-0.39, 0.29) is 34.6 Å². The number of aryl methyl sites for hydroxylation is 1. The Bertz CT molecular complexity index is 1310. The summed E-state index contributed by atoms with van der Waals surface area (Å²) in [6.45, 7) is 6.33. The molecule has 35 heavy (non-hydrogen) atoms. The quantitative estimate of drug-likeness (QED) is 0.223. The largest absolute Gasteiger partial charge is 0.406 e. The van der Waals surface area contributed by atoms with E-state index >= 15 is 0 Å². The Labute approximate surface area is 206 Å². The summed E-state index contributed by atoms with van der Waals surface area (Å²) in [5.41, 5.74) is 1.42. The number of nitrogens with zero attached hydrogens (tertiary/aromatic N) is 3. The van der Waals surface area contributed by atoms with Gasteiger partial charge in [-0.25, -0.2) is 4.98 Å². The van der Waals surface area contributed by atoms with Gasteiger partial charge in [-0.1, -0.05) is 50.6 Å². The number of aromatic nitrogens is 3. The second kappa shape index (κ2) is 9.84. The maximum Gasteiger partial charge on any atom is 0.406 e. The van der Waals surface area contributed by atoms with Crippen LogP contribution in [0.25, 0.3) is 10.9 Å². The topological polar surface area (TPSA) is 56.9 Å². The molecule has 188 valence electrons. The van der Waals surface area contributed by atoms with Crippen molar-refractivity contribution in [2.75, 3.05) is 5.75 Å². The van der Waals surface area contributed by atoms with Crippen LogP contribution >= 0.6 is 11.8 Å². The first-order chi connectivity index (χ1) is 16.5. The number of Topliss-reactive ketones (excluding diaryl/α,β-unsaturated/α-hetero) is 1. The van der Waals surface area contributed by atoms with E-state index in [1.165, 1.54) is 24.8 Å². The fourth-order valence-corrected chi connectivity index (χ4v) is 6.09. The Kier molecular flexibility index (Phi) is 7.18. The van der Waals surface area contributed by atoms with Gasteiger partial charge in [0, 0.05) is 23.0 Å². The first-order valence-corrected chi connectivity index (χ1v) is 12.9. The highest BCUT2D eigenvalue weighted by molar-refractivity contribution is 7.99. The summed E-state index contributed by atoms with van der Waals surface area (Å²) in [4.78, 5) is 31.4. The molecule has 1 fully saturated rings. The third-order valence-electron chi connectivity index (χ3n) is 7.31. The first kappa shape index (κ1) is 25.5. The van der Waals surface area contributed by atoms with E-state index in [2.05, 4.69) is 13.8 Å². The molecule has 0 bridgehead atoms. The SMILES string of the molecule is Cc1cc(C(=O)CSc2nc3ccccc3c(=O)n2[C@H]2CCC[C@@H](C)[C@@H]2C)c(C)n1CC(F)(F)F. The van der Waals surface area contributed by atoms with Gasteiger partial charge in [0.15, 0.2) is 10.9 Å². The van der Waals surface area contributed by atoms with Crippen molar-refractivity contribution in [1.29, 1.82) is 0 Å². The zero-order valence-corrected chi connectivity index (χ0v) is 21.2. The van der Waals surface area contributed by atoms with Gasteiger partial charge in [0.1, 0.15) is 6.54 Å². The van der Waals surface area contributed by atoms with E-state index in [4.69, 9.17) is 4.98 Å². The third-order valence-corrected chi connectivity index (χ3v) is 8.27. The number of carbonyl (C=O) groups is 1. The summed E-state index contributed by atoms with van der Waals surface area (Å²) in [6.07, 6.45) is -1.38. The van der Waals surface area contributed by atoms with Crippen LogP contribution in [-0.2, 0) is 6.54 Å². The maximum atomic E-state index is 13.6. The zero-order chi connectivity index (χ0) is 25.5. The lowest BCUT2D eigenvalue weighted by Gasteiger charge is -2.36. The molecule has 1 aliphatic rings. The first-order valence-electron chi connectivity index (χ1n) is 11.9. The molecule has 0 amide bonds. The molecule has 5 nitrogen and oxygen atoms in total. The Hall–Kier alpha value is -2.55. The number of para-hydroxylation sites is 1. The number of carbonyl (C=O) groups excluding carboxylic acids is 1. The molecule has 2 aromatic heterocycles. The second-order valence-corrected chi connectivity index (χ2v) is 10.6. The molecule has 9 heteroatoms. The predicted octanol–water partition coefficient (Wildman–Crippen LogP) is 6.35. The van der Waals surface area contributed by atoms with Crippen LogP contribution in [-0.4, -0.2) is 31.8 Å². The highest BCUT2D eigenvalue weighted by Gasteiger charge is 2.32. The Morgan fingerprint density at radius 3 is 2.60 bits per heavy atom. The second-order valence-electron chi connectivity index (χ2n) is 9.62. The monoisotopic (exact) mass is 505 g/mol. The van der Waals surface area contributed by atoms with Gasteiger partial charge in [-0.05, 0) is 50.3 Å². The standard InChI is InChI=1S/C26H30F3N3O2S/c1-15-8-7-11-22(17(15)3)32-24(34)19-9-5-6-10-21(19)30-25(32)35-13-23(33)20-12-16(2)31(18(20)4)14-26(27,28)29/h5-6,9-10,12,15,17,22H,7-8,11,13-14H2,1-4H3/t15-,17+,22+/m1/s1. The molecule has 1 aromatic carbocycles. The van der Waals surface area contributed by atoms with Crippen LogP contribution in [0.2, 0.25) is 0 Å². The van der Waals surface area contributed by atoms with Crippen LogP contribution < -0.4 is 5.56 Å². The number of thioether (sulfide) groups is 1. The van der Waals surface area contributed by atoms with Crippen molar-refractivity contribution in [3.63, 3.8) is 0 Å². The van der Waals surface area contributed by atoms with Crippen LogP contribution in [0.5, 0.6) is 0 Å². The maximum absolute atomic E-state index is 13.6. The molecule has 1 aliphatic carbocycles.